The lowest BCUT2D eigenvalue weighted by molar-refractivity contribution is 0.0994. The molecule has 0 atom stereocenters. The van der Waals surface area contributed by atoms with Crippen molar-refractivity contribution < 1.29 is 4.79 Å². The second-order valence-corrected chi connectivity index (χ2v) is 5.60. The summed E-state index contributed by atoms with van der Waals surface area (Å²) in [5.41, 5.74) is 8.21. The van der Waals surface area contributed by atoms with E-state index < -0.39 is 0 Å². The smallest absolute Gasteiger partial charge is 0.174 e. The number of carbonyl (C=O) groups excluding carboxylic acids is 1. The number of aryl methyl sites for hydroxylation is 1. The van der Waals surface area contributed by atoms with E-state index >= 15 is 0 Å². The Bertz CT molecular complexity index is 776. The standard InChI is InChI=1S/C15H14N4OS/c1-19-15(16)11(8-17-19)13(20)7-14-18-12(9-21-14)10-5-3-2-4-6-10/h2-6,8-9H,7,16H2,1H3. The first-order chi connectivity index (χ1) is 10.1. The summed E-state index contributed by atoms with van der Waals surface area (Å²) in [4.78, 5) is 16.7. The Hall–Kier alpha value is -2.47. The predicted molar refractivity (Wildman–Crippen MR) is 83.2 cm³/mol. The lowest BCUT2D eigenvalue weighted by atomic mass is 10.1. The molecule has 0 spiro atoms. The summed E-state index contributed by atoms with van der Waals surface area (Å²) in [6.07, 6.45) is 1.75. The third kappa shape index (κ3) is 2.71. The van der Waals surface area contributed by atoms with E-state index in [-0.39, 0.29) is 12.2 Å². The van der Waals surface area contributed by atoms with Gasteiger partial charge in [0.2, 0.25) is 0 Å². The molecule has 0 fully saturated rings. The maximum atomic E-state index is 12.2. The number of aromatic nitrogens is 3. The highest BCUT2D eigenvalue weighted by molar-refractivity contribution is 7.10. The first kappa shape index (κ1) is 13.5. The van der Waals surface area contributed by atoms with Crippen LogP contribution in [0.25, 0.3) is 11.3 Å². The Morgan fingerprint density at radius 3 is 2.76 bits per heavy atom. The van der Waals surface area contributed by atoms with Crippen molar-refractivity contribution in [2.45, 2.75) is 6.42 Å². The van der Waals surface area contributed by atoms with Gasteiger partial charge in [-0.15, -0.1) is 11.3 Å². The van der Waals surface area contributed by atoms with E-state index in [0.29, 0.717) is 11.4 Å². The number of thiazole rings is 1. The molecule has 0 bridgehead atoms. The number of carbonyl (C=O) groups is 1. The van der Waals surface area contributed by atoms with Crippen LogP contribution in [-0.4, -0.2) is 20.5 Å². The molecule has 0 aliphatic rings. The van der Waals surface area contributed by atoms with Gasteiger partial charge in [0.1, 0.15) is 10.8 Å². The lowest BCUT2D eigenvalue weighted by Crippen LogP contribution is -2.07. The minimum absolute atomic E-state index is 0.0606. The molecule has 106 valence electrons. The maximum Gasteiger partial charge on any atom is 0.174 e. The molecule has 1 aromatic carbocycles. The Labute approximate surface area is 126 Å². The number of nitrogens with two attached hydrogens (primary N) is 1. The van der Waals surface area contributed by atoms with E-state index in [1.54, 1.807) is 7.05 Å². The topological polar surface area (TPSA) is 73.8 Å². The monoisotopic (exact) mass is 298 g/mol. The molecule has 0 radical (unpaired) electrons. The van der Waals surface area contributed by atoms with Crippen LogP contribution in [0, 0.1) is 0 Å². The summed E-state index contributed by atoms with van der Waals surface area (Å²) in [6.45, 7) is 0. The van der Waals surface area contributed by atoms with Gasteiger partial charge in [-0.05, 0) is 0 Å². The molecule has 0 unspecified atom stereocenters. The molecule has 3 rings (SSSR count). The van der Waals surface area contributed by atoms with Crippen molar-refractivity contribution in [2.24, 2.45) is 7.05 Å². The van der Waals surface area contributed by atoms with E-state index in [9.17, 15) is 4.79 Å². The van der Waals surface area contributed by atoms with E-state index in [2.05, 4.69) is 10.1 Å². The molecule has 0 amide bonds. The lowest BCUT2D eigenvalue weighted by Gasteiger charge is -1.98. The molecular formula is C15H14N4OS. The van der Waals surface area contributed by atoms with Crippen molar-refractivity contribution in [3.05, 3.63) is 52.5 Å². The molecule has 0 saturated heterocycles. The number of nitrogens with zero attached hydrogens (tertiary/aromatic N) is 3. The molecule has 2 heterocycles. The molecule has 5 nitrogen and oxygen atoms in total. The number of hydrogen-bond acceptors (Lipinski definition) is 5. The second-order valence-electron chi connectivity index (χ2n) is 4.66. The van der Waals surface area contributed by atoms with Crippen molar-refractivity contribution in [3.8, 4) is 11.3 Å². The highest BCUT2D eigenvalue weighted by Gasteiger charge is 2.16. The van der Waals surface area contributed by atoms with Crippen LogP contribution in [0.4, 0.5) is 5.82 Å². The number of hydrogen-bond donors (Lipinski definition) is 1. The molecule has 2 aromatic heterocycles. The Morgan fingerprint density at radius 2 is 2.10 bits per heavy atom. The SMILES string of the molecule is Cn1ncc(C(=O)Cc2nc(-c3ccccc3)cs2)c1N. The molecule has 3 aromatic rings. The van der Waals surface area contributed by atoms with Crippen LogP contribution in [0.15, 0.2) is 41.9 Å². The molecule has 0 aliphatic heterocycles. The minimum atomic E-state index is -0.0606. The van der Waals surface area contributed by atoms with Crippen LogP contribution < -0.4 is 5.73 Å². The van der Waals surface area contributed by atoms with Crippen LogP contribution in [0.2, 0.25) is 0 Å². The highest BCUT2D eigenvalue weighted by atomic mass is 32.1. The molecule has 6 heteroatoms. The summed E-state index contributed by atoms with van der Waals surface area (Å²) in [5, 5.41) is 6.73. The van der Waals surface area contributed by atoms with Gasteiger partial charge in [-0.25, -0.2) is 4.98 Å². The van der Waals surface area contributed by atoms with Crippen molar-refractivity contribution in [1.82, 2.24) is 14.8 Å². The zero-order chi connectivity index (χ0) is 14.8. The van der Waals surface area contributed by atoms with Gasteiger partial charge in [-0.2, -0.15) is 5.10 Å². The van der Waals surface area contributed by atoms with E-state index in [4.69, 9.17) is 5.73 Å². The van der Waals surface area contributed by atoms with Gasteiger partial charge in [0.25, 0.3) is 0 Å². The highest BCUT2D eigenvalue weighted by Crippen LogP contribution is 2.23. The van der Waals surface area contributed by atoms with Gasteiger partial charge in [0.15, 0.2) is 5.78 Å². The van der Waals surface area contributed by atoms with Crippen LogP contribution in [0.5, 0.6) is 0 Å². The summed E-state index contributed by atoms with van der Waals surface area (Å²) >= 11 is 1.48. The summed E-state index contributed by atoms with van der Waals surface area (Å²) in [6, 6.07) is 9.90. The first-order valence-corrected chi connectivity index (χ1v) is 7.33. The van der Waals surface area contributed by atoms with E-state index in [1.807, 2.05) is 35.7 Å². The Balaban J connectivity index is 1.79. The third-order valence-corrected chi connectivity index (χ3v) is 4.07. The fourth-order valence-corrected chi connectivity index (χ4v) is 2.83. The molecule has 2 N–H and O–H groups in total. The number of benzene rings is 1. The number of rotatable bonds is 4. The average Bonchev–Trinajstić information content (AvgIpc) is 3.08. The molecular weight excluding hydrogens is 284 g/mol. The summed E-state index contributed by atoms with van der Waals surface area (Å²) in [7, 11) is 1.71. The first-order valence-electron chi connectivity index (χ1n) is 6.45. The van der Waals surface area contributed by atoms with Gasteiger partial charge in [-0.3, -0.25) is 9.48 Å². The van der Waals surface area contributed by atoms with E-state index in [1.165, 1.54) is 22.2 Å². The van der Waals surface area contributed by atoms with Gasteiger partial charge >= 0.3 is 0 Å². The van der Waals surface area contributed by atoms with Crippen LogP contribution in [0.1, 0.15) is 15.4 Å². The molecule has 21 heavy (non-hydrogen) atoms. The van der Waals surface area contributed by atoms with Gasteiger partial charge in [-0.1, -0.05) is 30.3 Å². The molecule has 0 saturated carbocycles. The maximum absolute atomic E-state index is 12.2. The zero-order valence-corrected chi connectivity index (χ0v) is 12.3. The number of ketones is 1. The van der Waals surface area contributed by atoms with Crippen molar-refractivity contribution in [1.29, 1.82) is 0 Å². The van der Waals surface area contributed by atoms with Crippen LogP contribution >= 0.6 is 11.3 Å². The van der Waals surface area contributed by atoms with Crippen LogP contribution in [-0.2, 0) is 13.5 Å². The second kappa shape index (κ2) is 5.49. The number of anilines is 1. The normalized spacial score (nSPS) is 10.7. The Morgan fingerprint density at radius 1 is 1.33 bits per heavy atom. The van der Waals surface area contributed by atoms with Gasteiger partial charge in [0.05, 0.1) is 23.9 Å². The van der Waals surface area contributed by atoms with Crippen molar-refractivity contribution in [3.63, 3.8) is 0 Å². The third-order valence-electron chi connectivity index (χ3n) is 3.22. The van der Waals surface area contributed by atoms with Gasteiger partial charge < -0.3 is 5.73 Å². The Kier molecular flexibility index (Phi) is 3.53. The predicted octanol–water partition coefficient (Wildman–Crippen LogP) is 2.55. The molecule has 0 aliphatic carbocycles. The summed E-state index contributed by atoms with van der Waals surface area (Å²) in [5.74, 6) is 0.328. The largest absolute Gasteiger partial charge is 0.383 e. The van der Waals surface area contributed by atoms with Crippen molar-refractivity contribution >= 4 is 22.9 Å². The quantitative estimate of drug-likeness (QED) is 0.751. The summed E-state index contributed by atoms with van der Waals surface area (Å²) < 4.78 is 1.49. The van der Waals surface area contributed by atoms with Crippen molar-refractivity contribution in [2.75, 3.05) is 5.73 Å². The average molecular weight is 298 g/mol. The number of nitrogen functional groups attached to an aromatic ring is 1. The van der Waals surface area contributed by atoms with Crippen LogP contribution in [0.3, 0.4) is 0 Å². The fourth-order valence-electron chi connectivity index (χ4n) is 2.03. The fraction of sp³-hybridized carbons (Fsp3) is 0.133. The van der Waals surface area contributed by atoms with E-state index in [0.717, 1.165) is 16.3 Å². The van der Waals surface area contributed by atoms with Gasteiger partial charge in [0, 0.05) is 18.0 Å². The number of Topliss-reactive ketones (excluding diaryl/α,β-unsaturated/α-hetero) is 1. The zero-order valence-electron chi connectivity index (χ0n) is 11.5. The minimum Gasteiger partial charge on any atom is -0.383 e.